The van der Waals surface area contributed by atoms with Gasteiger partial charge in [0, 0.05) is 12.2 Å². The number of nitrogens with zero attached hydrogens (tertiary/aromatic N) is 1. The van der Waals surface area contributed by atoms with Gasteiger partial charge in [0.25, 0.3) is 0 Å². The van der Waals surface area contributed by atoms with Crippen LogP contribution in [0.15, 0.2) is 18.2 Å². The Hall–Kier alpha value is -1.59. The van der Waals surface area contributed by atoms with Gasteiger partial charge in [-0.15, -0.1) is 12.4 Å². The molecule has 1 amide bonds. The van der Waals surface area contributed by atoms with Crippen LogP contribution in [-0.2, 0) is 9.59 Å². The number of rotatable bonds is 4. The third-order valence-corrected chi connectivity index (χ3v) is 3.97. The van der Waals surface area contributed by atoms with Gasteiger partial charge in [-0.1, -0.05) is 18.2 Å². The molecule has 1 aromatic rings. The molecule has 6 heteroatoms. The van der Waals surface area contributed by atoms with Gasteiger partial charge >= 0.3 is 5.97 Å². The minimum absolute atomic E-state index is 0. The first-order chi connectivity index (χ1) is 9.97. The molecule has 1 aliphatic heterocycles. The summed E-state index contributed by atoms with van der Waals surface area (Å²) in [6, 6.07) is 5.89. The zero-order valence-corrected chi connectivity index (χ0v) is 13.8. The summed E-state index contributed by atoms with van der Waals surface area (Å²) in [6.07, 6.45) is 1.53. The summed E-state index contributed by atoms with van der Waals surface area (Å²) in [5.74, 6) is -1.21. The van der Waals surface area contributed by atoms with Crippen molar-refractivity contribution in [3.63, 3.8) is 0 Å². The molecule has 1 fully saturated rings. The topological polar surface area (TPSA) is 69.6 Å². The zero-order valence-electron chi connectivity index (χ0n) is 13.0. The van der Waals surface area contributed by atoms with Crippen molar-refractivity contribution in [1.29, 1.82) is 0 Å². The van der Waals surface area contributed by atoms with Crippen molar-refractivity contribution in [2.45, 2.75) is 26.7 Å². The van der Waals surface area contributed by atoms with E-state index in [4.69, 9.17) is 5.11 Å². The molecule has 1 saturated heterocycles. The van der Waals surface area contributed by atoms with Crippen LogP contribution in [0.4, 0.5) is 5.69 Å². The molecule has 22 heavy (non-hydrogen) atoms. The van der Waals surface area contributed by atoms with E-state index in [9.17, 15) is 9.59 Å². The second-order valence-electron chi connectivity index (χ2n) is 5.73. The first-order valence-corrected chi connectivity index (χ1v) is 7.28. The van der Waals surface area contributed by atoms with E-state index >= 15 is 0 Å². The van der Waals surface area contributed by atoms with Gasteiger partial charge in [0.2, 0.25) is 5.91 Å². The number of carbonyl (C=O) groups is 2. The lowest BCUT2D eigenvalue weighted by Crippen LogP contribution is -2.42. The predicted octanol–water partition coefficient (Wildman–Crippen LogP) is 2.46. The first-order valence-electron chi connectivity index (χ1n) is 7.28. The normalized spacial score (nSPS) is 18.4. The van der Waals surface area contributed by atoms with Crippen LogP contribution in [-0.4, -0.2) is 41.5 Å². The Morgan fingerprint density at radius 3 is 2.55 bits per heavy atom. The van der Waals surface area contributed by atoms with Gasteiger partial charge in [-0.2, -0.15) is 0 Å². The van der Waals surface area contributed by atoms with E-state index in [0.717, 1.165) is 29.8 Å². The van der Waals surface area contributed by atoms with E-state index in [1.165, 1.54) is 0 Å². The van der Waals surface area contributed by atoms with Gasteiger partial charge in [0.15, 0.2) is 0 Å². The standard InChI is InChI=1S/C16H22N2O3.ClH/c1-11-5-3-6-12(2)15(11)17-14(19)10-18-8-4-7-13(9-18)16(20)21;/h3,5-6,13H,4,7-10H2,1-2H3,(H,17,19)(H,20,21);1H. The first kappa shape index (κ1) is 18.5. The fraction of sp³-hybridized carbons (Fsp3) is 0.500. The highest BCUT2D eigenvalue weighted by atomic mass is 35.5. The highest BCUT2D eigenvalue weighted by Crippen LogP contribution is 2.20. The van der Waals surface area contributed by atoms with E-state index < -0.39 is 5.97 Å². The van der Waals surface area contributed by atoms with Crippen molar-refractivity contribution in [2.75, 3.05) is 25.0 Å². The van der Waals surface area contributed by atoms with Crippen LogP contribution in [0.1, 0.15) is 24.0 Å². The lowest BCUT2D eigenvalue weighted by Gasteiger charge is -2.30. The molecule has 1 aliphatic rings. The molecule has 1 atom stereocenters. The molecule has 122 valence electrons. The van der Waals surface area contributed by atoms with Crippen LogP contribution < -0.4 is 5.32 Å². The average molecular weight is 327 g/mol. The lowest BCUT2D eigenvalue weighted by molar-refractivity contribution is -0.144. The van der Waals surface area contributed by atoms with Crippen molar-refractivity contribution in [3.05, 3.63) is 29.3 Å². The molecule has 5 nitrogen and oxygen atoms in total. The fourth-order valence-electron chi connectivity index (χ4n) is 2.79. The minimum atomic E-state index is -0.769. The van der Waals surface area contributed by atoms with Crippen molar-refractivity contribution in [2.24, 2.45) is 5.92 Å². The van der Waals surface area contributed by atoms with Gasteiger partial charge < -0.3 is 10.4 Å². The molecule has 2 rings (SSSR count). The number of benzene rings is 1. The number of carboxylic acid groups (broad SMARTS) is 1. The third kappa shape index (κ3) is 4.71. The average Bonchev–Trinajstić information content (AvgIpc) is 2.43. The molecule has 0 aromatic heterocycles. The molecule has 0 spiro atoms. The Bertz CT molecular complexity index is 528. The minimum Gasteiger partial charge on any atom is -0.481 e. The second kappa shape index (κ2) is 8.15. The van der Waals surface area contributed by atoms with Crippen molar-refractivity contribution >= 4 is 30.0 Å². The largest absolute Gasteiger partial charge is 0.481 e. The van der Waals surface area contributed by atoms with Crippen LogP contribution in [0.2, 0.25) is 0 Å². The number of likely N-dealkylation sites (tertiary alicyclic amines) is 1. The highest BCUT2D eigenvalue weighted by molar-refractivity contribution is 5.93. The quantitative estimate of drug-likeness (QED) is 0.891. The van der Waals surface area contributed by atoms with Crippen LogP contribution >= 0.6 is 12.4 Å². The van der Waals surface area contributed by atoms with E-state index in [0.29, 0.717) is 13.0 Å². The molecule has 1 unspecified atom stereocenters. The second-order valence-corrected chi connectivity index (χ2v) is 5.73. The maximum Gasteiger partial charge on any atom is 0.307 e. The molecule has 0 saturated carbocycles. The van der Waals surface area contributed by atoms with Crippen molar-refractivity contribution in [3.8, 4) is 0 Å². The number of aryl methyl sites for hydroxylation is 2. The summed E-state index contributed by atoms with van der Waals surface area (Å²) in [5.41, 5.74) is 2.92. The van der Waals surface area contributed by atoms with Crippen molar-refractivity contribution in [1.82, 2.24) is 4.90 Å². The Morgan fingerprint density at radius 1 is 1.32 bits per heavy atom. The van der Waals surface area contributed by atoms with Crippen LogP contribution in [0.5, 0.6) is 0 Å². The maximum atomic E-state index is 12.2. The summed E-state index contributed by atoms with van der Waals surface area (Å²) < 4.78 is 0. The van der Waals surface area contributed by atoms with Gasteiger partial charge in [-0.25, -0.2) is 0 Å². The highest BCUT2D eigenvalue weighted by Gasteiger charge is 2.26. The van der Waals surface area contributed by atoms with Gasteiger partial charge in [0.1, 0.15) is 0 Å². The third-order valence-electron chi connectivity index (χ3n) is 3.97. The number of piperidine rings is 1. The number of carboxylic acids is 1. The molecule has 1 heterocycles. The molecular weight excluding hydrogens is 304 g/mol. The SMILES string of the molecule is Cc1cccc(C)c1NC(=O)CN1CCCC(C(=O)O)C1.Cl. The number of carbonyl (C=O) groups excluding carboxylic acids is 1. The van der Waals surface area contributed by atoms with E-state index in [-0.39, 0.29) is 30.8 Å². The van der Waals surface area contributed by atoms with Gasteiger partial charge in [0.05, 0.1) is 12.5 Å². The monoisotopic (exact) mass is 326 g/mol. The van der Waals surface area contributed by atoms with E-state index in [2.05, 4.69) is 5.32 Å². The summed E-state index contributed by atoms with van der Waals surface area (Å²) in [4.78, 5) is 25.1. The number of anilines is 1. The van der Waals surface area contributed by atoms with Crippen molar-refractivity contribution < 1.29 is 14.7 Å². The van der Waals surface area contributed by atoms with Gasteiger partial charge in [-0.05, 0) is 44.4 Å². The van der Waals surface area contributed by atoms with E-state index in [1.807, 2.05) is 36.9 Å². The summed E-state index contributed by atoms with van der Waals surface area (Å²) in [5, 5.41) is 12.0. The number of para-hydroxylation sites is 1. The predicted molar refractivity (Wildman–Crippen MR) is 88.6 cm³/mol. The number of nitrogens with one attached hydrogen (secondary N) is 1. The number of halogens is 1. The Labute approximate surface area is 137 Å². The Balaban J connectivity index is 0.00000242. The van der Waals surface area contributed by atoms with Crippen LogP contribution in [0.3, 0.4) is 0 Å². The summed E-state index contributed by atoms with van der Waals surface area (Å²) in [6.45, 7) is 5.41. The Morgan fingerprint density at radius 2 is 1.95 bits per heavy atom. The Kier molecular flexibility index (Phi) is 6.84. The zero-order chi connectivity index (χ0) is 15.4. The van der Waals surface area contributed by atoms with E-state index in [1.54, 1.807) is 0 Å². The number of hydrogen-bond donors (Lipinski definition) is 2. The lowest BCUT2D eigenvalue weighted by atomic mass is 9.98. The molecule has 0 bridgehead atoms. The maximum absolute atomic E-state index is 12.2. The van der Waals surface area contributed by atoms with Gasteiger partial charge in [-0.3, -0.25) is 14.5 Å². The summed E-state index contributed by atoms with van der Waals surface area (Å²) >= 11 is 0. The number of amides is 1. The van der Waals surface area contributed by atoms with Crippen LogP contribution in [0, 0.1) is 19.8 Å². The molecular formula is C16H23ClN2O3. The fourth-order valence-corrected chi connectivity index (χ4v) is 2.79. The van der Waals surface area contributed by atoms with Crippen LogP contribution in [0.25, 0.3) is 0 Å². The molecule has 1 aromatic carbocycles. The molecule has 0 aliphatic carbocycles. The number of aliphatic carboxylic acids is 1. The molecule has 0 radical (unpaired) electrons. The number of hydrogen-bond acceptors (Lipinski definition) is 3. The smallest absolute Gasteiger partial charge is 0.307 e. The molecule has 2 N–H and O–H groups in total. The summed E-state index contributed by atoms with van der Waals surface area (Å²) in [7, 11) is 0.